The maximum atomic E-state index is 12.1. The number of aryl methyl sites for hydroxylation is 1. The number of anilines is 1. The van der Waals surface area contributed by atoms with Crippen molar-refractivity contribution in [2.45, 2.75) is 13.3 Å². The van der Waals surface area contributed by atoms with E-state index in [4.69, 9.17) is 23.2 Å². The molecule has 6 heteroatoms. The standard InChI is InChI=1S/C20H16Cl2N2OS/c1-13-3-2-4-15(9-13)10-16-12-23-20(26-16)24-19(25)8-6-14-5-7-17(21)18(22)11-14/h2-9,11-12H,10H2,1H3,(H,23,24,25). The van der Waals surface area contributed by atoms with E-state index in [0.717, 1.165) is 16.9 Å². The Morgan fingerprint density at radius 3 is 2.81 bits per heavy atom. The number of carbonyl (C=O) groups excluding carboxylic acids is 1. The highest BCUT2D eigenvalue weighted by molar-refractivity contribution is 7.15. The summed E-state index contributed by atoms with van der Waals surface area (Å²) < 4.78 is 0. The van der Waals surface area contributed by atoms with Gasteiger partial charge in [-0.25, -0.2) is 4.98 Å². The molecule has 0 aliphatic carbocycles. The minimum absolute atomic E-state index is 0.243. The molecule has 3 nitrogen and oxygen atoms in total. The molecule has 1 aromatic heterocycles. The van der Waals surface area contributed by atoms with Gasteiger partial charge in [0.15, 0.2) is 5.13 Å². The first kappa shape index (κ1) is 18.6. The number of hydrogen-bond donors (Lipinski definition) is 1. The van der Waals surface area contributed by atoms with Gasteiger partial charge in [-0.1, -0.05) is 59.1 Å². The molecule has 1 heterocycles. The maximum Gasteiger partial charge on any atom is 0.250 e. The fourth-order valence-corrected chi connectivity index (χ4v) is 3.56. The van der Waals surface area contributed by atoms with Crippen LogP contribution >= 0.6 is 34.5 Å². The summed E-state index contributed by atoms with van der Waals surface area (Å²) in [5, 5.41) is 4.30. The molecule has 0 aliphatic heterocycles. The zero-order valence-electron chi connectivity index (χ0n) is 14.0. The second-order valence-electron chi connectivity index (χ2n) is 5.79. The van der Waals surface area contributed by atoms with Crippen molar-refractivity contribution >= 4 is 51.7 Å². The van der Waals surface area contributed by atoms with Crippen molar-refractivity contribution in [3.63, 3.8) is 0 Å². The Morgan fingerprint density at radius 2 is 2.04 bits per heavy atom. The number of halogens is 2. The lowest BCUT2D eigenvalue weighted by Crippen LogP contribution is -2.07. The Hall–Kier alpha value is -2.14. The van der Waals surface area contributed by atoms with Gasteiger partial charge < -0.3 is 0 Å². The van der Waals surface area contributed by atoms with Crippen molar-refractivity contribution in [1.29, 1.82) is 0 Å². The summed E-state index contributed by atoms with van der Waals surface area (Å²) in [6.45, 7) is 2.07. The average Bonchev–Trinajstić information content (AvgIpc) is 3.03. The molecule has 2 aromatic carbocycles. The molecule has 3 rings (SSSR count). The molecule has 1 amide bonds. The van der Waals surface area contributed by atoms with Crippen LogP contribution in [0.5, 0.6) is 0 Å². The molecular formula is C20H16Cl2N2OS. The van der Waals surface area contributed by atoms with Gasteiger partial charge in [0, 0.05) is 23.6 Å². The molecule has 0 spiro atoms. The first-order chi connectivity index (χ1) is 12.5. The van der Waals surface area contributed by atoms with Crippen LogP contribution in [0.25, 0.3) is 6.08 Å². The normalized spacial score (nSPS) is 11.0. The Bertz CT molecular complexity index is 966. The highest BCUT2D eigenvalue weighted by Gasteiger charge is 2.06. The molecular weight excluding hydrogens is 387 g/mol. The van der Waals surface area contributed by atoms with Gasteiger partial charge >= 0.3 is 0 Å². The molecule has 0 unspecified atom stereocenters. The summed E-state index contributed by atoms with van der Waals surface area (Å²) in [4.78, 5) is 17.4. The number of aromatic nitrogens is 1. The third kappa shape index (κ3) is 5.18. The minimum atomic E-state index is -0.243. The van der Waals surface area contributed by atoms with Crippen molar-refractivity contribution in [1.82, 2.24) is 4.98 Å². The van der Waals surface area contributed by atoms with E-state index in [9.17, 15) is 4.79 Å². The molecule has 132 valence electrons. The predicted molar refractivity (Wildman–Crippen MR) is 110 cm³/mol. The Morgan fingerprint density at radius 1 is 1.19 bits per heavy atom. The largest absolute Gasteiger partial charge is 0.298 e. The zero-order valence-corrected chi connectivity index (χ0v) is 16.3. The van der Waals surface area contributed by atoms with E-state index in [-0.39, 0.29) is 5.91 Å². The first-order valence-electron chi connectivity index (χ1n) is 7.94. The zero-order chi connectivity index (χ0) is 18.5. The highest BCUT2D eigenvalue weighted by atomic mass is 35.5. The lowest BCUT2D eigenvalue weighted by molar-refractivity contribution is -0.111. The van der Waals surface area contributed by atoms with Crippen molar-refractivity contribution in [3.8, 4) is 0 Å². The monoisotopic (exact) mass is 402 g/mol. The van der Waals surface area contributed by atoms with E-state index >= 15 is 0 Å². The first-order valence-corrected chi connectivity index (χ1v) is 9.51. The Balaban J connectivity index is 1.60. The minimum Gasteiger partial charge on any atom is -0.298 e. The fourth-order valence-electron chi connectivity index (χ4n) is 2.41. The van der Waals surface area contributed by atoms with Crippen LogP contribution in [0, 0.1) is 6.92 Å². The molecule has 0 saturated carbocycles. The number of nitrogens with zero attached hydrogens (tertiary/aromatic N) is 1. The molecule has 0 radical (unpaired) electrons. The quantitative estimate of drug-likeness (QED) is 0.531. The van der Waals surface area contributed by atoms with Gasteiger partial charge in [0.1, 0.15) is 0 Å². The van der Waals surface area contributed by atoms with Crippen molar-refractivity contribution < 1.29 is 4.79 Å². The smallest absolute Gasteiger partial charge is 0.250 e. The van der Waals surface area contributed by atoms with Crippen LogP contribution in [0.3, 0.4) is 0 Å². The molecule has 3 aromatic rings. The molecule has 0 aliphatic rings. The van der Waals surface area contributed by atoms with Crippen molar-refractivity contribution in [2.75, 3.05) is 5.32 Å². The van der Waals surface area contributed by atoms with E-state index in [1.807, 2.05) is 6.07 Å². The van der Waals surface area contributed by atoms with Crippen molar-refractivity contribution in [3.05, 3.63) is 86.4 Å². The van der Waals surface area contributed by atoms with Gasteiger partial charge in [-0.05, 0) is 36.3 Å². The summed E-state index contributed by atoms with van der Waals surface area (Å²) in [6, 6.07) is 13.5. The van der Waals surface area contributed by atoms with Gasteiger partial charge in [0.25, 0.3) is 0 Å². The van der Waals surface area contributed by atoms with E-state index in [1.54, 1.807) is 30.5 Å². The Labute approximate surface area is 166 Å². The molecule has 26 heavy (non-hydrogen) atoms. The van der Waals surface area contributed by atoms with E-state index in [1.165, 1.54) is 28.5 Å². The maximum absolute atomic E-state index is 12.1. The number of nitrogens with one attached hydrogen (secondary N) is 1. The van der Waals surface area contributed by atoms with Crippen molar-refractivity contribution in [2.24, 2.45) is 0 Å². The van der Waals surface area contributed by atoms with Gasteiger partial charge in [0.05, 0.1) is 10.0 Å². The number of hydrogen-bond acceptors (Lipinski definition) is 3. The molecule has 0 saturated heterocycles. The van der Waals surface area contributed by atoms with Gasteiger partial charge in [-0.3, -0.25) is 10.1 Å². The van der Waals surface area contributed by atoms with Crippen LogP contribution < -0.4 is 5.32 Å². The number of amides is 1. The molecule has 1 N–H and O–H groups in total. The summed E-state index contributed by atoms with van der Waals surface area (Å²) in [5.41, 5.74) is 3.26. The van der Waals surface area contributed by atoms with Crippen LogP contribution in [0.15, 0.2) is 54.7 Å². The molecule has 0 fully saturated rings. The van der Waals surface area contributed by atoms with E-state index in [2.05, 4.69) is 35.4 Å². The average molecular weight is 403 g/mol. The van der Waals surface area contributed by atoms with Gasteiger partial charge in [-0.15, -0.1) is 11.3 Å². The number of thiazole rings is 1. The molecule has 0 atom stereocenters. The predicted octanol–water partition coefficient (Wildman–Crippen LogP) is 6.00. The number of carbonyl (C=O) groups is 1. The second kappa shape index (κ2) is 8.49. The summed E-state index contributed by atoms with van der Waals surface area (Å²) in [6.07, 6.45) is 5.72. The second-order valence-corrected chi connectivity index (χ2v) is 7.72. The number of benzene rings is 2. The third-order valence-corrected chi connectivity index (χ3v) is 5.27. The third-order valence-electron chi connectivity index (χ3n) is 3.62. The lowest BCUT2D eigenvalue weighted by atomic mass is 10.1. The van der Waals surface area contributed by atoms with E-state index < -0.39 is 0 Å². The van der Waals surface area contributed by atoms with E-state index in [0.29, 0.717) is 15.2 Å². The fraction of sp³-hybridized carbons (Fsp3) is 0.100. The SMILES string of the molecule is Cc1cccc(Cc2cnc(NC(=O)C=Cc3ccc(Cl)c(Cl)c3)s2)c1. The lowest BCUT2D eigenvalue weighted by Gasteiger charge is -2.00. The van der Waals surface area contributed by atoms with Gasteiger partial charge in [0.2, 0.25) is 5.91 Å². The summed E-state index contributed by atoms with van der Waals surface area (Å²) in [7, 11) is 0. The van der Waals surface area contributed by atoms with Crippen LogP contribution in [0.2, 0.25) is 10.0 Å². The summed E-state index contributed by atoms with van der Waals surface area (Å²) >= 11 is 13.3. The number of rotatable bonds is 5. The van der Waals surface area contributed by atoms with Gasteiger partial charge in [-0.2, -0.15) is 0 Å². The van der Waals surface area contributed by atoms with Crippen LogP contribution in [0.4, 0.5) is 5.13 Å². The Kier molecular flexibility index (Phi) is 6.09. The summed E-state index contributed by atoms with van der Waals surface area (Å²) in [5.74, 6) is -0.243. The molecule has 0 bridgehead atoms. The van der Waals surface area contributed by atoms with Crippen LogP contribution in [-0.4, -0.2) is 10.9 Å². The highest BCUT2D eigenvalue weighted by Crippen LogP contribution is 2.24. The topological polar surface area (TPSA) is 42.0 Å². The van der Waals surface area contributed by atoms with Crippen LogP contribution in [-0.2, 0) is 11.2 Å². The van der Waals surface area contributed by atoms with Crippen LogP contribution in [0.1, 0.15) is 21.6 Å².